The van der Waals surface area contributed by atoms with Gasteiger partial charge in [0.15, 0.2) is 0 Å². The van der Waals surface area contributed by atoms with Crippen molar-refractivity contribution in [2.45, 2.75) is 6.92 Å². The average molecular weight is 292 g/mol. The van der Waals surface area contributed by atoms with Crippen LogP contribution in [0.2, 0.25) is 0 Å². The fraction of sp³-hybridized carbons (Fsp3) is 0.167. The van der Waals surface area contributed by atoms with Crippen LogP contribution in [-0.2, 0) is 7.05 Å². The van der Waals surface area contributed by atoms with Gasteiger partial charge in [-0.25, -0.2) is 4.68 Å². The highest BCUT2D eigenvalue weighted by Gasteiger charge is 2.06. The number of nitriles is 1. The molecular formula is C12H10BrN3O. The second-order valence-corrected chi connectivity index (χ2v) is 4.55. The molecule has 1 aromatic heterocycles. The number of ether oxygens (including phenoxy) is 1. The lowest BCUT2D eigenvalue weighted by Gasteiger charge is -2.06. The third-order valence-electron chi connectivity index (χ3n) is 2.18. The van der Waals surface area contributed by atoms with Gasteiger partial charge in [0.2, 0.25) is 5.88 Å². The molecule has 17 heavy (non-hydrogen) atoms. The van der Waals surface area contributed by atoms with E-state index in [2.05, 4.69) is 27.1 Å². The number of rotatable bonds is 2. The van der Waals surface area contributed by atoms with Gasteiger partial charge in [-0.1, -0.05) is 15.9 Å². The van der Waals surface area contributed by atoms with Gasteiger partial charge in [-0.05, 0) is 25.1 Å². The van der Waals surface area contributed by atoms with Gasteiger partial charge in [-0.3, -0.25) is 0 Å². The van der Waals surface area contributed by atoms with E-state index >= 15 is 0 Å². The highest BCUT2D eigenvalue weighted by atomic mass is 79.9. The molecule has 0 radical (unpaired) electrons. The summed E-state index contributed by atoms with van der Waals surface area (Å²) in [7, 11) is 1.81. The molecule has 0 saturated carbocycles. The minimum absolute atomic E-state index is 0.549. The van der Waals surface area contributed by atoms with E-state index in [0.29, 0.717) is 17.2 Å². The smallest absolute Gasteiger partial charge is 0.217 e. The van der Waals surface area contributed by atoms with Gasteiger partial charge in [-0.15, -0.1) is 0 Å². The van der Waals surface area contributed by atoms with E-state index in [-0.39, 0.29) is 0 Å². The van der Waals surface area contributed by atoms with E-state index in [4.69, 9.17) is 10.00 Å². The first kappa shape index (κ1) is 11.7. The molecule has 0 unspecified atom stereocenters. The number of aromatic nitrogens is 2. The maximum atomic E-state index is 8.87. The first-order valence-corrected chi connectivity index (χ1v) is 5.77. The molecule has 0 spiro atoms. The third kappa shape index (κ3) is 2.66. The first-order valence-electron chi connectivity index (χ1n) is 4.97. The Kier molecular flexibility index (Phi) is 3.16. The quantitative estimate of drug-likeness (QED) is 0.854. The molecule has 0 fully saturated rings. The molecule has 1 aromatic carbocycles. The van der Waals surface area contributed by atoms with Crippen LogP contribution >= 0.6 is 15.9 Å². The second-order valence-electron chi connectivity index (χ2n) is 3.64. The van der Waals surface area contributed by atoms with Crippen molar-refractivity contribution in [2.75, 3.05) is 0 Å². The number of aryl methyl sites for hydroxylation is 2. The normalized spacial score (nSPS) is 10.0. The van der Waals surface area contributed by atoms with Crippen LogP contribution < -0.4 is 4.74 Å². The molecule has 0 aliphatic rings. The minimum Gasteiger partial charge on any atom is -0.439 e. The van der Waals surface area contributed by atoms with E-state index in [1.807, 2.05) is 26.1 Å². The Morgan fingerprint density at radius 3 is 2.71 bits per heavy atom. The maximum absolute atomic E-state index is 8.87. The van der Waals surface area contributed by atoms with E-state index < -0.39 is 0 Å². The van der Waals surface area contributed by atoms with Gasteiger partial charge in [-0.2, -0.15) is 10.4 Å². The van der Waals surface area contributed by atoms with Crippen LogP contribution in [0.3, 0.4) is 0 Å². The topological polar surface area (TPSA) is 50.8 Å². The SMILES string of the molecule is Cc1cc(Oc2cc(Br)cc(C#N)c2)n(C)n1. The molecule has 0 saturated heterocycles. The minimum atomic E-state index is 0.549. The molecule has 4 nitrogen and oxygen atoms in total. The highest BCUT2D eigenvalue weighted by molar-refractivity contribution is 9.10. The van der Waals surface area contributed by atoms with Crippen molar-refractivity contribution in [1.29, 1.82) is 5.26 Å². The van der Waals surface area contributed by atoms with Crippen LogP contribution in [0, 0.1) is 18.3 Å². The molecular weight excluding hydrogens is 282 g/mol. The fourth-order valence-corrected chi connectivity index (χ4v) is 1.96. The molecule has 0 amide bonds. The zero-order valence-corrected chi connectivity index (χ0v) is 11.0. The van der Waals surface area contributed by atoms with Crippen molar-refractivity contribution >= 4 is 15.9 Å². The second kappa shape index (κ2) is 4.60. The van der Waals surface area contributed by atoms with Crippen LogP contribution in [0.4, 0.5) is 0 Å². The van der Waals surface area contributed by atoms with E-state index in [1.165, 1.54) is 0 Å². The van der Waals surface area contributed by atoms with Gasteiger partial charge in [0.05, 0.1) is 17.3 Å². The molecule has 0 N–H and O–H groups in total. The Morgan fingerprint density at radius 2 is 2.12 bits per heavy atom. The van der Waals surface area contributed by atoms with Crippen LogP contribution in [0.1, 0.15) is 11.3 Å². The van der Waals surface area contributed by atoms with Crippen molar-refractivity contribution in [3.63, 3.8) is 0 Å². The summed E-state index contributed by atoms with van der Waals surface area (Å²) in [6.07, 6.45) is 0. The molecule has 2 aromatic rings. The summed E-state index contributed by atoms with van der Waals surface area (Å²) in [6.45, 7) is 1.90. The Hall–Kier alpha value is -1.80. The summed E-state index contributed by atoms with van der Waals surface area (Å²) in [5, 5.41) is 13.1. The molecule has 0 bridgehead atoms. The summed E-state index contributed by atoms with van der Waals surface area (Å²) in [5.41, 5.74) is 1.44. The van der Waals surface area contributed by atoms with Gasteiger partial charge in [0.1, 0.15) is 5.75 Å². The molecule has 86 valence electrons. The molecule has 2 rings (SSSR count). The largest absolute Gasteiger partial charge is 0.439 e. The monoisotopic (exact) mass is 291 g/mol. The molecule has 0 aliphatic heterocycles. The summed E-state index contributed by atoms with van der Waals surface area (Å²) in [5.74, 6) is 1.25. The molecule has 5 heteroatoms. The van der Waals surface area contributed by atoms with Crippen molar-refractivity contribution in [2.24, 2.45) is 7.05 Å². The van der Waals surface area contributed by atoms with E-state index in [9.17, 15) is 0 Å². The first-order chi connectivity index (χ1) is 8.08. The number of halogens is 1. The fourth-order valence-electron chi connectivity index (χ4n) is 1.49. The molecule has 0 atom stereocenters. The maximum Gasteiger partial charge on any atom is 0.217 e. The zero-order chi connectivity index (χ0) is 12.4. The Balaban J connectivity index is 2.33. The lowest BCUT2D eigenvalue weighted by molar-refractivity contribution is 0.430. The molecule has 1 heterocycles. The van der Waals surface area contributed by atoms with Gasteiger partial charge in [0, 0.05) is 17.6 Å². The summed E-state index contributed by atoms with van der Waals surface area (Å²) < 4.78 is 8.14. The number of benzene rings is 1. The standard InChI is InChI=1S/C12H10BrN3O/c1-8-3-12(16(2)15-8)17-11-5-9(7-14)4-10(13)6-11/h3-6H,1-2H3. The Bertz CT molecular complexity index is 598. The van der Waals surface area contributed by atoms with E-state index in [1.54, 1.807) is 16.8 Å². The van der Waals surface area contributed by atoms with Crippen LogP contribution in [0.5, 0.6) is 11.6 Å². The molecule has 0 aliphatic carbocycles. The van der Waals surface area contributed by atoms with Crippen molar-refractivity contribution in [3.05, 3.63) is 40.0 Å². The zero-order valence-electron chi connectivity index (χ0n) is 9.44. The van der Waals surface area contributed by atoms with Gasteiger partial charge < -0.3 is 4.74 Å². The van der Waals surface area contributed by atoms with Crippen molar-refractivity contribution < 1.29 is 4.74 Å². The van der Waals surface area contributed by atoms with Crippen LogP contribution in [-0.4, -0.2) is 9.78 Å². The highest BCUT2D eigenvalue weighted by Crippen LogP contribution is 2.26. The third-order valence-corrected chi connectivity index (χ3v) is 2.64. The Labute approximate surface area is 108 Å². The lowest BCUT2D eigenvalue weighted by atomic mass is 10.2. The summed E-state index contributed by atoms with van der Waals surface area (Å²) >= 11 is 3.34. The van der Waals surface area contributed by atoms with Crippen LogP contribution in [0.15, 0.2) is 28.7 Å². The predicted octanol–water partition coefficient (Wildman–Crippen LogP) is 3.16. The predicted molar refractivity (Wildman–Crippen MR) is 66.9 cm³/mol. The van der Waals surface area contributed by atoms with Crippen molar-refractivity contribution in [1.82, 2.24) is 9.78 Å². The Morgan fingerprint density at radius 1 is 1.35 bits per heavy atom. The van der Waals surface area contributed by atoms with Crippen molar-refractivity contribution in [3.8, 4) is 17.7 Å². The summed E-state index contributed by atoms with van der Waals surface area (Å²) in [6, 6.07) is 9.16. The number of hydrogen-bond donors (Lipinski definition) is 0. The van der Waals surface area contributed by atoms with Gasteiger partial charge >= 0.3 is 0 Å². The van der Waals surface area contributed by atoms with Crippen LogP contribution in [0.25, 0.3) is 0 Å². The van der Waals surface area contributed by atoms with Gasteiger partial charge in [0.25, 0.3) is 0 Å². The number of nitrogens with zero attached hydrogens (tertiary/aromatic N) is 3. The average Bonchev–Trinajstić information content (AvgIpc) is 2.56. The summed E-state index contributed by atoms with van der Waals surface area (Å²) in [4.78, 5) is 0. The lowest BCUT2D eigenvalue weighted by Crippen LogP contribution is -1.95. The number of hydrogen-bond acceptors (Lipinski definition) is 3. The van der Waals surface area contributed by atoms with E-state index in [0.717, 1.165) is 10.2 Å².